The van der Waals surface area contributed by atoms with Crippen LogP contribution in [0.3, 0.4) is 0 Å². The van der Waals surface area contributed by atoms with Crippen LogP contribution in [0.25, 0.3) is 0 Å². The summed E-state index contributed by atoms with van der Waals surface area (Å²) in [7, 11) is 0. The van der Waals surface area contributed by atoms with E-state index in [0.717, 1.165) is 62.8 Å². The van der Waals surface area contributed by atoms with Crippen LogP contribution in [0, 0.1) is 11.8 Å². The molecule has 0 spiro atoms. The first-order valence-electron chi connectivity index (χ1n) is 9.97. The molecular weight excluding hydrogens is 326 g/mol. The first-order chi connectivity index (χ1) is 12.6. The number of carbonyl (C=O) groups excluding carboxylic acids is 2. The lowest BCUT2D eigenvalue weighted by atomic mass is 9.90. The lowest BCUT2D eigenvalue weighted by Gasteiger charge is -2.37. The Morgan fingerprint density at radius 2 is 1.77 bits per heavy atom. The lowest BCUT2D eigenvalue weighted by Crippen LogP contribution is -2.42. The number of hydrogen-bond donors (Lipinski definition) is 1. The first-order valence-corrected chi connectivity index (χ1v) is 9.97. The average Bonchev–Trinajstić information content (AvgIpc) is 2.99. The van der Waals surface area contributed by atoms with Gasteiger partial charge in [-0.05, 0) is 55.3 Å². The predicted octanol–water partition coefficient (Wildman–Crippen LogP) is 1.98. The Balaban J connectivity index is 1.49. The second-order valence-electron chi connectivity index (χ2n) is 8.02. The Morgan fingerprint density at radius 3 is 2.46 bits per heavy atom. The average molecular weight is 355 g/mol. The van der Waals surface area contributed by atoms with Crippen LogP contribution in [0.4, 0.5) is 0 Å². The van der Waals surface area contributed by atoms with Crippen LogP contribution in [-0.2, 0) is 16.0 Å². The molecule has 0 aromatic heterocycles. The third-order valence-electron chi connectivity index (χ3n) is 6.56. The number of rotatable bonds is 2. The zero-order chi connectivity index (χ0) is 18.1. The van der Waals surface area contributed by atoms with Crippen LogP contribution in [-0.4, -0.2) is 54.3 Å². The Morgan fingerprint density at radius 1 is 1.08 bits per heavy atom. The number of fused-ring (bicyclic) bond motifs is 2. The van der Waals surface area contributed by atoms with Gasteiger partial charge < -0.3 is 15.1 Å². The van der Waals surface area contributed by atoms with Crippen LogP contribution >= 0.6 is 0 Å². The minimum absolute atomic E-state index is 0.0637. The lowest BCUT2D eigenvalue weighted by molar-refractivity contribution is -0.136. The van der Waals surface area contributed by atoms with Gasteiger partial charge in [0, 0.05) is 26.6 Å². The maximum atomic E-state index is 13.1. The van der Waals surface area contributed by atoms with Gasteiger partial charge in [-0.3, -0.25) is 9.59 Å². The normalized spacial score (nSPS) is 28.3. The van der Waals surface area contributed by atoms with E-state index in [2.05, 4.69) is 17.4 Å². The second-order valence-corrected chi connectivity index (χ2v) is 8.02. The summed E-state index contributed by atoms with van der Waals surface area (Å²) in [5.41, 5.74) is 2.43. The third kappa shape index (κ3) is 3.37. The van der Waals surface area contributed by atoms with Gasteiger partial charge in [0.05, 0.1) is 12.5 Å². The zero-order valence-electron chi connectivity index (χ0n) is 15.6. The highest BCUT2D eigenvalue weighted by molar-refractivity contribution is 5.79. The van der Waals surface area contributed by atoms with Crippen molar-refractivity contribution in [2.75, 3.05) is 32.7 Å². The summed E-state index contributed by atoms with van der Waals surface area (Å²) >= 11 is 0. The van der Waals surface area contributed by atoms with Gasteiger partial charge in [0.1, 0.15) is 0 Å². The monoisotopic (exact) mass is 355 g/mol. The standard InChI is InChI=1S/C21H29N3O2/c1-15(25)24-11-8-16-4-2-3-5-19(16)20(24)12-21(26)23-9-6-17-13-22-14-18(17)7-10-23/h2-5,17-18,20,22H,6-14H2,1H3/t17-,18+,20?. The number of nitrogens with zero attached hydrogens (tertiary/aromatic N) is 2. The SMILES string of the molecule is CC(=O)N1CCc2ccccc2C1CC(=O)N1CC[C@@H]2CNC[C@@H]2CC1. The quantitative estimate of drug-likeness (QED) is 0.883. The fourth-order valence-corrected chi connectivity index (χ4v) is 5.01. The fraction of sp³-hybridized carbons (Fsp3) is 0.619. The van der Waals surface area contributed by atoms with Crippen molar-refractivity contribution in [1.29, 1.82) is 0 Å². The van der Waals surface area contributed by atoms with Crippen LogP contribution in [0.1, 0.15) is 43.4 Å². The summed E-state index contributed by atoms with van der Waals surface area (Å²) in [6.45, 7) is 6.24. The minimum atomic E-state index is -0.116. The van der Waals surface area contributed by atoms with Gasteiger partial charge in [0.2, 0.25) is 11.8 Å². The van der Waals surface area contributed by atoms with Gasteiger partial charge in [-0.25, -0.2) is 0 Å². The Hall–Kier alpha value is -1.88. The molecule has 3 aliphatic heterocycles. The van der Waals surface area contributed by atoms with E-state index in [0.29, 0.717) is 13.0 Å². The van der Waals surface area contributed by atoms with E-state index in [1.807, 2.05) is 21.9 Å². The highest BCUT2D eigenvalue weighted by Crippen LogP contribution is 2.34. The predicted molar refractivity (Wildman–Crippen MR) is 101 cm³/mol. The molecule has 4 rings (SSSR count). The summed E-state index contributed by atoms with van der Waals surface area (Å²) < 4.78 is 0. The van der Waals surface area contributed by atoms with Gasteiger partial charge in [-0.1, -0.05) is 24.3 Å². The molecule has 0 saturated carbocycles. The van der Waals surface area contributed by atoms with Gasteiger partial charge >= 0.3 is 0 Å². The smallest absolute Gasteiger partial charge is 0.224 e. The van der Waals surface area contributed by atoms with E-state index >= 15 is 0 Å². The molecule has 140 valence electrons. The van der Waals surface area contributed by atoms with E-state index in [4.69, 9.17) is 0 Å². The second kappa shape index (κ2) is 7.39. The maximum Gasteiger partial charge on any atom is 0.224 e. The molecule has 1 N–H and O–H groups in total. The largest absolute Gasteiger partial charge is 0.343 e. The molecule has 26 heavy (non-hydrogen) atoms. The highest BCUT2D eigenvalue weighted by Gasteiger charge is 2.34. The van der Waals surface area contributed by atoms with E-state index in [1.54, 1.807) is 6.92 Å². The summed E-state index contributed by atoms with van der Waals surface area (Å²) in [5, 5.41) is 3.48. The number of carbonyl (C=O) groups is 2. The molecule has 3 atom stereocenters. The first kappa shape index (κ1) is 17.5. The van der Waals surface area contributed by atoms with Gasteiger partial charge in [0.25, 0.3) is 0 Å². The molecule has 2 saturated heterocycles. The molecule has 3 heterocycles. The Kier molecular flexibility index (Phi) is 4.98. The topological polar surface area (TPSA) is 52.7 Å². The Labute approximate surface area is 155 Å². The van der Waals surface area contributed by atoms with E-state index in [1.165, 1.54) is 5.56 Å². The molecule has 2 fully saturated rings. The van der Waals surface area contributed by atoms with Crippen molar-refractivity contribution in [3.8, 4) is 0 Å². The molecule has 0 radical (unpaired) electrons. The molecule has 1 aromatic carbocycles. The third-order valence-corrected chi connectivity index (χ3v) is 6.56. The van der Waals surface area contributed by atoms with Crippen LogP contribution in [0.2, 0.25) is 0 Å². The number of amides is 2. The number of benzene rings is 1. The highest BCUT2D eigenvalue weighted by atomic mass is 16.2. The fourth-order valence-electron chi connectivity index (χ4n) is 5.01. The molecule has 1 aromatic rings. The van der Waals surface area contributed by atoms with Crippen molar-refractivity contribution in [2.24, 2.45) is 11.8 Å². The van der Waals surface area contributed by atoms with Crippen molar-refractivity contribution >= 4 is 11.8 Å². The van der Waals surface area contributed by atoms with Crippen molar-refractivity contribution in [3.63, 3.8) is 0 Å². The van der Waals surface area contributed by atoms with Gasteiger partial charge in [-0.2, -0.15) is 0 Å². The molecular formula is C21H29N3O2. The Bertz CT molecular complexity index is 676. The van der Waals surface area contributed by atoms with Crippen molar-refractivity contribution in [2.45, 2.75) is 38.6 Å². The molecule has 5 heteroatoms. The number of likely N-dealkylation sites (tertiary alicyclic amines) is 1. The minimum Gasteiger partial charge on any atom is -0.343 e. The molecule has 1 unspecified atom stereocenters. The van der Waals surface area contributed by atoms with E-state index < -0.39 is 0 Å². The van der Waals surface area contributed by atoms with Crippen LogP contribution in [0.5, 0.6) is 0 Å². The van der Waals surface area contributed by atoms with Gasteiger partial charge in [-0.15, -0.1) is 0 Å². The van der Waals surface area contributed by atoms with E-state index in [9.17, 15) is 9.59 Å². The van der Waals surface area contributed by atoms with Crippen molar-refractivity contribution in [1.82, 2.24) is 15.1 Å². The molecule has 3 aliphatic rings. The summed E-state index contributed by atoms with van der Waals surface area (Å²) in [4.78, 5) is 29.2. The summed E-state index contributed by atoms with van der Waals surface area (Å²) in [6.07, 6.45) is 3.48. The van der Waals surface area contributed by atoms with Gasteiger partial charge in [0.15, 0.2) is 0 Å². The van der Waals surface area contributed by atoms with Crippen molar-refractivity contribution < 1.29 is 9.59 Å². The molecule has 5 nitrogen and oxygen atoms in total. The number of hydrogen-bond acceptors (Lipinski definition) is 3. The molecule has 0 aliphatic carbocycles. The zero-order valence-corrected chi connectivity index (χ0v) is 15.6. The van der Waals surface area contributed by atoms with E-state index in [-0.39, 0.29) is 17.9 Å². The maximum absolute atomic E-state index is 13.1. The van der Waals surface area contributed by atoms with Crippen LogP contribution in [0.15, 0.2) is 24.3 Å². The van der Waals surface area contributed by atoms with Crippen LogP contribution < -0.4 is 5.32 Å². The summed E-state index contributed by atoms with van der Waals surface area (Å²) in [5.74, 6) is 1.70. The molecule has 0 bridgehead atoms. The number of nitrogens with one attached hydrogen (secondary N) is 1. The van der Waals surface area contributed by atoms with Crippen molar-refractivity contribution in [3.05, 3.63) is 35.4 Å². The summed E-state index contributed by atoms with van der Waals surface area (Å²) in [6, 6.07) is 8.16. The molecule has 2 amide bonds.